The summed E-state index contributed by atoms with van der Waals surface area (Å²) in [5.74, 6) is 1.02. The zero-order valence-electron chi connectivity index (χ0n) is 7.44. The molecule has 13 heavy (non-hydrogen) atoms. The number of nitrogens with zero attached hydrogens (tertiary/aromatic N) is 1. The molecule has 0 spiro atoms. The summed E-state index contributed by atoms with van der Waals surface area (Å²) in [5.41, 5.74) is 0. The van der Waals surface area contributed by atoms with Gasteiger partial charge in [0.05, 0.1) is 0 Å². The maximum Gasteiger partial charge on any atom is 0.235 e. The zero-order valence-corrected chi connectivity index (χ0v) is 8.26. The Morgan fingerprint density at radius 1 is 1.31 bits per heavy atom. The van der Waals surface area contributed by atoms with Crippen molar-refractivity contribution in [3.05, 3.63) is 12.0 Å². The van der Waals surface area contributed by atoms with Crippen LogP contribution in [0.1, 0.15) is 0 Å². The molecule has 0 amide bonds. The molecule has 2 unspecified atom stereocenters. The number of sulfonamides is 1. The normalized spacial score (nSPS) is 34.8. The lowest BCUT2D eigenvalue weighted by molar-refractivity contribution is 0.455. The second kappa shape index (κ2) is 3.08. The topological polar surface area (TPSA) is 49.4 Å². The fraction of sp³-hybridized carbons (Fsp3) is 0.750. The van der Waals surface area contributed by atoms with Crippen LogP contribution < -0.4 is 5.32 Å². The molecule has 2 aliphatic rings. The fourth-order valence-corrected chi connectivity index (χ4v) is 3.13. The van der Waals surface area contributed by atoms with Crippen molar-refractivity contribution < 1.29 is 8.42 Å². The summed E-state index contributed by atoms with van der Waals surface area (Å²) in [6.07, 6.45) is 0. The van der Waals surface area contributed by atoms with Crippen LogP contribution in [0.15, 0.2) is 12.0 Å². The number of fused-ring (bicyclic) bond motifs is 1. The number of hydrogen-bond acceptors (Lipinski definition) is 3. The number of nitrogens with one attached hydrogen (secondary N) is 1. The summed E-state index contributed by atoms with van der Waals surface area (Å²) < 4.78 is 24.4. The van der Waals surface area contributed by atoms with Gasteiger partial charge >= 0.3 is 0 Å². The van der Waals surface area contributed by atoms with Gasteiger partial charge < -0.3 is 5.32 Å². The van der Waals surface area contributed by atoms with Crippen LogP contribution in [0, 0.1) is 11.8 Å². The van der Waals surface area contributed by atoms with Crippen LogP contribution in [0.25, 0.3) is 0 Å². The monoisotopic (exact) mass is 202 g/mol. The highest BCUT2D eigenvalue weighted by molar-refractivity contribution is 7.92. The molecule has 0 aromatic heterocycles. The van der Waals surface area contributed by atoms with E-state index in [0.717, 1.165) is 18.5 Å². The molecule has 0 aliphatic carbocycles. The van der Waals surface area contributed by atoms with Crippen molar-refractivity contribution in [3.8, 4) is 0 Å². The lowest BCUT2D eigenvalue weighted by Gasteiger charge is -2.13. The Bertz CT molecular complexity index is 300. The van der Waals surface area contributed by atoms with Gasteiger partial charge in [0.1, 0.15) is 0 Å². The molecule has 0 aromatic rings. The molecule has 2 saturated heterocycles. The van der Waals surface area contributed by atoms with Crippen LogP contribution in [0.3, 0.4) is 0 Å². The van der Waals surface area contributed by atoms with Gasteiger partial charge in [-0.15, -0.1) is 0 Å². The lowest BCUT2D eigenvalue weighted by atomic mass is 10.0. The molecular weight excluding hydrogens is 188 g/mol. The predicted molar refractivity (Wildman–Crippen MR) is 50.5 cm³/mol. The Kier molecular flexibility index (Phi) is 2.17. The van der Waals surface area contributed by atoms with Crippen molar-refractivity contribution in [1.82, 2.24) is 9.62 Å². The molecule has 2 atom stereocenters. The van der Waals surface area contributed by atoms with Crippen molar-refractivity contribution in [2.45, 2.75) is 0 Å². The van der Waals surface area contributed by atoms with Gasteiger partial charge in [0.2, 0.25) is 10.0 Å². The van der Waals surface area contributed by atoms with Crippen molar-refractivity contribution in [2.75, 3.05) is 26.2 Å². The molecule has 2 heterocycles. The van der Waals surface area contributed by atoms with Gasteiger partial charge in [-0.25, -0.2) is 8.42 Å². The molecule has 0 bridgehead atoms. The summed E-state index contributed by atoms with van der Waals surface area (Å²) in [4.78, 5) is 0. The first-order valence-corrected chi connectivity index (χ1v) is 5.97. The van der Waals surface area contributed by atoms with E-state index in [0.29, 0.717) is 24.9 Å². The smallest absolute Gasteiger partial charge is 0.235 e. The quantitative estimate of drug-likeness (QED) is 0.663. The molecule has 2 aliphatic heterocycles. The van der Waals surface area contributed by atoms with Crippen LogP contribution in [-0.2, 0) is 10.0 Å². The Morgan fingerprint density at radius 3 is 2.31 bits per heavy atom. The van der Waals surface area contributed by atoms with E-state index < -0.39 is 10.0 Å². The van der Waals surface area contributed by atoms with Crippen LogP contribution in [0.2, 0.25) is 0 Å². The van der Waals surface area contributed by atoms with E-state index in [9.17, 15) is 8.42 Å². The Morgan fingerprint density at radius 2 is 1.85 bits per heavy atom. The van der Waals surface area contributed by atoms with Crippen LogP contribution >= 0.6 is 0 Å². The first kappa shape index (κ1) is 9.18. The summed E-state index contributed by atoms with van der Waals surface area (Å²) in [5, 5.41) is 4.31. The maximum absolute atomic E-state index is 11.4. The Labute approximate surface area is 78.7 Å². The van der Waals surface area contributed by atoms with Gasteiger partial charge in [-0.3, -0.25) is 0 Å². The minimum Gasteiger partial charge on any atom is -0.316 e. The second-order valence-corrected chi connectivity index (χ2v) is 5.59. The number of hydrogen-bond donors (Lipinski definition) is 1. The van der Waals surface area contributed by atoms with Crippen LogP contribution in [0.4, 0.5) is 0 Å². The molecule has 0 aromatic carbocycles. The van der Waals surface area contributed by atoms with E-state index in [2.05, 4.69) is 11.9 Å². The summed E-state index contributed by atoms with van der Waals surface area (Å²) in [7, 11) is -3.17. The van der Waals surface area contributed by atoms with Gasteiger partial charge in [-0.2, -0.15) is 4.31 Å². The highest BCUT2D eigenvalue weighted by Gasteiger charge is 2.39. The fourth-order valence-electron chi connectivity index (χ4n) is 2.13. The van der Waals surface area contributed by atoms with Crippen molar-refractivity contribution in [2.24, 2.45) is 11.8 Å². The van der Waals surface area contributed by atoms with E-state index in [1.807, 2.05) is 0 Å². The summed E-state index contributed by atoms with van der Waals surface area (Å²) in [6.45, 7) is 6.55. The standard InChI is InChI=1S/C8H14N2O2S/c1-2-13(11,12)10-5-7-3-9-4-8(7)6-10/h2,7-9H,1,3-6H2. The molecular formula is C8H14N2O2S. The van der Waals surface area contributed by atoms with E-state index in [1.54, 1.807) is 0 Å². The lowest BCUT2D eigenvalue weighted by Crippen LogP contribution is -2.30. The summed E-state index contributed by atoms with van der Waals surface area (Å²) >= 11 is 0. The highest BCUT2D eigenvalue weighted by Crippen LogP contribution is 2.28. The molecule has 2 rings (SSSR count). The van der Waals surface area contributed by atoms with Crippen molar-refractivity contribution in [3.63, 3.8) is 0 Å². The van der Waals surface area contributed by atoms with Gasteiger partial charge in [-0.05, 0) is 24.9 Å². The molecule has 2 fully saturated rings. The van der Waals surface area contributed by atoms with Gasteiger partial charge in [-0.1, -0.05) is 6.58 Å². The first-order chi connectivity index (χ1) is 6.13. The SMILES string of the molecule is C=CS(=O)(=O)N1CC2CNCC2C1. The van der Waals surface area contributed by atoms with E-state index >= 15 is 0 Å². The first-order valence-electron chi connectivity index (χ1n) is 4.47. The molecule has 0 radical (unpaired) electrons. The molecule has 4 nitrogen and oxygen atoms in total. The van der Waals surface area contributed by atoms with Crippen LogP contribution in [-0.4, -0.2) is 38.9 Å². The largest absolute Gasteiger partial charge is 0.316 e. The molecule has 5 heteroatoms. The van der Waals surface area contributed by atoms with E-state index in [4.69, 9.17) is 0 Å². The molecule has 74 valence electrons. The van der Waals surface area contributed by atoms with E-state index in [-0.39, 0.29) is 0 Å². The van der Waals surface area contributed by atoms with Crippen molar-refractivity contribution in [1.29, 1.82) is 0 Å². The Hall–Kier alpha value is -0.390. The predicted octanol–water partition coefficient (Wildman–Crippen LogP) is -0.389. The van der Waals surface area contributed by atoms with E-state index in [1.165, 1.54) is 4.31 Å². The number of rotatable bonds is 2. The zero-order chi connectivity index (χ0) is 9.47. The third kappa shape index (κ3) is 1.51. The maximum atomic E-state index is 11.4. The molecule has 0 saturated carbocycles. The minimum absolute atomic E-state index is 0.509. The van der Waals surface area contributed by atoms with Crippen molar-refractivity contribution >= 4 is 10.0 Å². The Balaban J connectivity index is 2.11. The average molecular weight is 202 g/mol. The third-order valence-corrected chi connectivity index (χ3v) is 4.37. The molecule has 1 N–H and O–H groups in total. The minimum atomic E-state index is -3.17. The summed E-state index contributed by atoms with van der Waals surface area (Å²) in [6, 6.07) is 0. The third-order valence-electron chi connectivity index (χ3n) is 2.93. The second-order valence-electron chi connectivity index (χ2n) is 3.71. The van der Waals surface area contributed by atoms with Gasteiger partial charge in [0, 0.05) is 18.5 Å². The van der Waals surface area contributed by atoms with Gasteiger partial charge in [0.25, 0.3) is 0 Å². The highest BCUT2D eigenvalue weighted by atomic mass is 32.2. The van der Waals surface area contributed by atoms with Crippen LogP contribution in [0.5, 0.6) is 0 Å². The van der Waals surface area contributed by atoms with Gasteiger partial charge in [0.15, 0.2) is 0 Å². The average Bonchev–Trinajstić information content (AvgIpc) is 2.61.